The van der Waals surface area contributed by atoms with Gasteiger partial charge in [-0.3, -0.25) is 5.32 Å². The first-order chi connectivity index (χ1) is 9.59. The Morgan fingerprint density at radius 3 is 2.85 bits per heavy atom. The number of urea groups is 1. The number of nitrogens with one attached hydrogen (secondary N) is 2. The molecule has 1 unspecified atom stereocenters. The van der Waals surface area contributed by atoms with Crippen molar-refractivity contribution >= 4 is 11.8 Å². The van der Waals surface area contributed by atoms with Gasteiger partial charge in [-0.1, -0.05) is 19.3 Å². The minimum absolute atomic E-state index is 0.266. The van der Waals surface area contributed by atoms with E-state index in [1.807, 2.05) is 0 Å². The van der Waals surface area contributed by atoms with E-state index >= 15 is 0 Å². The minimum Gasteiger partial charge on any atom is -0.335 e. The van der Waals surface area contributed by atoms with E-state index in [0.717, 1.165) is 6.42 Å². The van der Waals surface area contributed by atoms with Crippen molar-refractivity contribution in [3.8, 4) is 0 Å². The number of carbonyl (C=O) groups is 1. The van der Waals surface area contributed by atoms with Crippen molar-refractivity contribution in [2.24, 2.45) is 12.5 Å². The second kappa shape index (κ2) is 4.92. The molecule has 1 aromatic rings. The molecule has 6 heteroatoms. The number of anilines is 1. The molecule has 1 aromatic heterocycles. The lowest BCUT2D eigenvalue weighted by molar-refractivity contribution is 0.246. The number of rotatable bonds is 2. The lowest BCUT2D eigenvalue weighted by atomic mass is 9.86. The number of hydrogen-bond acceptors (Lipinski definition) is 3. The molecule has 108 valence electrons. The fraction of sp³-hybridized carbons (Fsp3) is 0.643. The molecule has 1 heterocycles. The highest BCUT2D eigenvalue weighted by Crippen LogP contribution is 2.56. The van der Waals surface area contributed by atoms with E-state index in [4.69, 9.17) is 0 Å². The highest BCUT2D eigenvalue weighted by Gasteiger charge is 2.54. The molecule has 6 nitrogen and oxygen atoms in total. The summed E-state index contributed by atoms with van der Waals surface area (Å²) in [7, 11) is 1.62. The van der Waals surface area contributed by atoms with Crippen LogP contribution in [-0.4, -0.2) is 21.6 Å². The van der Waals surface area contributed by atoms with Gasteiger partial charge in [-0.05, 0) is 30.7 Å². The maximum absolute atomic E-state index is 11.9. The van der Waals surface area contributed by atoms with Crippen LogP contribution >= 0.6 is 0 Å². The summed E-state index contributed by atoms with van der Waals surface area (Å²) in [6, 6.07) is 1.64. The lowest BCUT2D eigenvalue weighted by Gasteiger charge is -2.22. The van der Waals surface area contributed by atoms with Crippen molar-refractivity contribution in [1.82, 2.24) is 14.9 Å². The number of nitrogens with zero attached hydrogens (tertiary/aromatic N) is 2. The minimum atomic E-state index is -0.377. The van der Waals surface area contributed by atoms with Crippen LogP contribution in [-0.2, 0) is 7.05 Å². The standard InChI is InChI=1S/C14H20N4O2/c1-18-8-5-11(17-13(18)20)16-12(19)15-10-9-14(10)6-3-2-4-7-14/h5,8,10H,2-4,6-7,9H2,1H3,(H2,15,16,17,19,20). The molecule has 3 rings (SSSR count). The molecule has 2 N–H and O–H groups in total. The molecule has 2 amide bonds. The van der Waals surface area contributed by atoms with Gasteiger partial charge in [0.25, 0.3) is 0 Å². The van der Waals surface area contributed by atoms with Gasteiger partial charge < -0.3 is 9.88 Å². The molecule has 2 fully saturated rings. The van der Waals surface area contributed by atoms with Gasteiger partial charge in [0.15, 0.2) is 0 Å². The van der Waals surface area contributed by atoms with E-state index in [1.54, 1.807) is 19.3 Å². The fourth-order valence-electron chi connectivity index (χ4n) is 3.21. The van der Waals surface area contributed by atoms with E-state index in [-0.39, 0.29) is 17.8 Å². The number of carbonyl (C=O) groups excluding carboxylic acids is 1. The Morgan fingerprint density at radius 1 is 1.40 bits per heavy atom. The topological polar surface area (TPSA) is 76.0 Å². The van der Waals surface area contributed by atoms with E-state index in [1.165, 1.54) is 36.7 Å². The van der Waals surface area contributed by atoms with Crippen LogP contribution in [0, 0.1) is 5.41 Å². The van der Waals surface area contributed by atoms with Crippen LogP contribution in [0.3, 0.4) is 0 Å². The average molecular weight is 276 g/mol. The zero-order valence-corrected chi connectivity index (χ0v) is 11.7. The summed E-state index contributed by atoms with van der Waals surface area (Å²) in [5.74, 6) is 0.295. The molecule has 0 saturated heterocycles. The maximum atomic E-state index is 11.9. The number of hydrogen-bond donors (Lipinski definition) is 2. The summed E-state index contributed by atoms with van der Waals surface area (Å²) in [4.78, 5) is 27.1. The third kappa shape index (κ3) is 2.55. The summed E-state index contributed by atoms with van der Waals surface area (Å²) < 4.78 is 1.36. The zero-order valence-electron chi connectivity index (χ0n) is 11.7. The largest absolute Gasteiger partial charge is 0.349 e. The van der Waals surface area contributed by atoms with Crippen molar-refractivity contribution < 1.29 is 4.79 Å². The predicted molar refractivity (Wildman–Crippen MR) is 75.6 cm³/mol. The van der Waals surface area contributed by atoms with Crippen LogP contribution in [0.15, 0.2) is 17.1 Å². The van der Waals surface area contributed by atoms with Crippen LogP contribution in [0.2, 0.25) is 0 Å². The average Bonchev–Trinajstić information content (AvgIpc) is 3.06. The molecule has 0 bridgehead atoms. The van der Waals surface area contributed by atoms with Crippen LogP contribution in [0.25, 0.3) is 0 Å². The van der Waals surface area contributed by atoms with E-state index in [2.05, 4.69) is 15.6 Å². The smallest absolute Gasteiger partial charge is 0.335 e. The number of aromatic nitrogens is 2. The number of aryl methyl sites for hydroxylation is 1. The van der Waals surface area contributed by atoms with Gasteiger partial charge in [0, 0.05) is 19.3 Å². The second-order valence-electron chi connectivity index (χ2n) is 5.98. The van der Waals surface area contributed by atoms with Crippen molar-refractivity contribution in [2.45, 2.75) is 44.6 Å². The lowest BCUT2D eigenvalue weighted by Crippen LogP contribution is -2.35. The predicted octanol–water partition coefficient (Wildman–Crippen LogP) is 1.62. The molecule has 2 saturated carbocycles. The molecular formula is C14H20N4O2. The first-order valence-electron chi connectivity index (χ1n) is 7.20. The molecule has 0 radical (unpaired) electrons. The summed E-state index contributed by atoms with van der Waals surface area (Å²) in [5, 5.41) is 5.63. The summed E-state index contributed by atoms with van der Waals surface area (Å²) >= 11 is 0. The van der Waals surface area contributed by atoms with Crippen molar-refractivity contribution in [3.63, 3.8) is 0 Å². The molecule has 1 atom stereocenters. The Bertz CT molecular complexity index is 575. The van der Waals surface area contributed by atoms with Crippen LogP contribution in [0.1, 0.15) is 38.5 Å². The second-order valence-corrected chi connectivity index (χ2v) is 5.98. The van der Waals surface area contributed by atoms with Crippen molar-refractivity contribution in [1.29, 1.82) is 0 Å². The Hall–Kier alpha value is -1.85. The van der Waals surface area contributed by atoms with Gasteiger partial charge in [-0.2, -0.15) is 4.98 Å². The normalized spacial score (nSPS) is 23.4. The van der Waals surface area contributed by atoms with Gasteiger partial charge in [0.05, 0.1) is 0 Å². The van der Waals surface area contributed by atoms with Gasteiger partial charge in [0.1, 0.15) is 5.82 Å². The SMILES string of the molecule is Cn1ccc(NC(=O)NC2CC23CCCCC3)nc1=O. The van der Waals surface area contributed by atoms with Crippen molar-refractivity contribution in [3.05, 3.63) is 22.7 Å². The van der Waals surface area contributed by atoms with E-state index in [9.17, 15) is 9.59 Å². The summed E-state index contributed by atoms with van der Waals surface area (Å²) in [6.45, 7) is 0. The first kappa shape index (κ1) is 13.1. The van der Waals surface area contributed by atoms with Gasteiger partial charge in [-0.25, -0.2) is 9.59 Å². The van der Waals surface area contributed by atoms with Gasteiger partial charge in [0.2, 0.25) is 0 Å². The third-order valence-corrected chi connectivity index (χ3v) is 4.56. The Balaban J connectivity index is 1.55. The van der Waals surface area contributed by atoms with Crippen LogP contribution < -0.4 is 16.3 Å². The quantitative estimate of drug-likeness (QED) is 0.862. The van der Waals surface area contributed by atoms with Crippen LogP contribution in [0.4, 0.5) is 10.6 Å². The molecule has 20 heavy (non-hydrogen) atoms. The van der Waals surface area contributed by atoms with E-state index < -0.39 is 0 Å². The third-order valence-electron chi connectivity index (χ3n) is 4.56. The van der Waals surface area contributed by atoms with Gasteiger partial charge in [-0.15, -0.1) is 0 Å². The Kier molecular flexibility index (Phi) is 3.23. The first-order valence-corrected chi connectivity index (χ1v) is 7.20. The summed E-state index contributed by atoms with van der Waals surface area (Å²) in [6.07, 6.45) is 8.99. The maximum Gasteiger partial charge on any atom is 0.349 e. The molecule has 0 aromatic carbocycles. The highest BCUT2D eigenvalue weighted by molar-refractivity contribution is 5.88. The monoisotopic (exact) mass is 276 g/mol. The van der Waals surface area contributed by atoms with E-state index in [0.29, 0.717) is 11.2 Å². The Morgan fingerprint density at radius 2 is 2.15 bits per heavy atom. The molecule has 0 aliphatic heterocycles. The van der Waals surface area contributed by atoms with Crippen LogP contribution in [0.5, 0.6) is 0 Å². The molecule has 1 spiro atoms. The summed E-state index contributed by atoms with van der Waals surface area (Å²) in [5.41, 5.74) is -0.0199. The number of amides is 2. The highest BCUT2D eigenvalue weighted by atomic mass is 16.2. The molecule has 2 aliphatic rings. The molecule has 2 aliphatic carbocycles. The van der Waals surface area contributed by atoms with Gasteiger partial charge >= 0.3 is 11.7 Å². The fourth-order valence-corrected chi connectivity index (χ4v) is 3.21. The Labute approximate surface area is 117 Å². The molecular weight excluding hydrogens is 256 g/mol. The zero-order chi connectivity index (χ0) is 14.2. The van der Waals surface area contributed by atoms with Crippen molar-refractivity contribution in [2.75, 3.05) is 5.32 Å².